The Morgan fingerprint density at radius 2 is 1.83 bits per heavy atom. The molecule has 88 valence electrons. The average molecular weight is 236 g/mol. The minimum absolute atomic E-state index is 0.395. The van der Waals surface area contributed by atoms with E-state index in [1.165, 1.54) is 0 Å². The van der Waals surface area contributed by atoms with Crippen molar-refractivity contribution in [3.05, 3.63) is 59.2 Å². The van der Waals surface area contributed by atoms with Gasteiger partial charge < -0.3 is 5.73 Å². The number of nitrogens with two attached hydrogens (primary N) is 1. The minimum atomic E-state index is -0.511. The monoisotopic (exact) mass is 236 g/mol. The van der Waals surface area contributed by atoms with Gasteiger partial charge in [-0.05, 0) is 29.7 Å². The van der Waals surface area contributed by atoms with Crippen LogP contribution in [0.15, 0.2) is 42.5 Å². The molecule has 0 spiro atoms. The summed E-state index contributed by atoms with van der Waals surface area (Å²) in [6, 6.07) is 15.2. The zero-order chi connectivity index (χ0) is 13.1. The molecular weight excluding hydrogens is 224 g/mol. The van der Waals surface area contributed by atoms with Gasteiger partial charge in [-0.1, -0.05) is 36.4 Å². The van der Waals surface area contributed by atoms with E-state index in [1.807, 2.05) is 30.3 Å². The van der Waals surface area contributed by atoms with Crippen LogP contribution in [-0.4, -0.2) is 5.91 Å². The van der Waals surface area contributed by atoms with Crippen LogP contribution in [0.1, 0.15) is 21.5 Å². The molecule has 0 radical (unpaired) electrons. The van der Waals surface area contributed by atoms with Crippen LogP contribution < -0.4 is 5.73 Å². The van der Waals surface area contributed by atoms with Gasteiger partial charge in [0.1, 0.15) is 6.07 Å². The van der Waals surface area contributed by atoms with Crippen LogP contribution in [0.5, 0.6) is 0 Å². The quantitative estimate of drug-likeness (QED) is 0.870. The van der Waals surface area contributed by atoms with E-state index in [-0.39, 0.29) is 0 Å². The van der Waals surface area contributed by atoms with Crippen molar-refractivity contribution >= 4 is 5.91 Å². The summed E-state index contributed by atoms with van der Waals surface area (Å²) in [7, 11) is 0. The molecule has 18 heavy (non-hydrogen) atoms. The molecule has 0 heterocycles. The van der Waals surface area contributed by atoms with Crippen LogP contribution in [0.3, 0.4) is 0 Å². The van der Waals surface area contributed by atoms with Crippen LogP contribution in [-0.2, 0) is 0 Å². The van der Waals surface area contributed by atoms with Crippen molar-refractivity contribution < 1.29 is 4.79 Å². The third-order valence-corrected chi connectivity index (χ3v) is 2.93. The maximum Gasteiger partial charge on any atom is 0.249 e. The number of carbonyl (C=O) groups is 1. The van der Waals surface area contributed by atoms with E-state index in [9.17, 15) is 10.1 Å². The van der Waals surface area contributed by atoms with Crippen molar-refractivity contribution in [3.8, 4) is 17.2 Å². The van der Waals surface area contributed by atoms with Gasteiger partial charge >= 0.3 is 0 Å². The Balaban J connectivity index is 2.69. The Hall–Kier alpha value is -2.60. The lowest BCUT2D eigenvalue weighted by molar-refractivity contribution is 0.0999. The van der Waals surface area contributed by atoms with E-state index in [1.54, 1.807) is 19.1 Å². The molecule has 0 saturated heterocycles. The van der Waals surface area contributed by atoms with E-state index in [4.69, 9.17) is 5.73 Å². The summed E-state index contributed by atoms with van der Waals surface area (Å²) >= 11 is 0. The highest BCUT2D eigenvalue weighted by Crippen LogP contribution is 2.27. The number of nitriles is 1. The maximum absolute atomic E-state index is 11.3. The summed E-state index contributed by atoms with van der Waals surface area (Å²) in [6.07, 6.45) is 0. The number of benzene rings is 2. The van der Waals surface area contributed by atoms with Gasteiger partial charge in [0.15, 0.2) is 0 Å². The molecule has 0 fully saturated rings. The van der Waals surface area contributed by atoms with Crippen LogP contribution in [0.2, 0.25) is 0 Å². The average Bonchev–Trinajstić information content (AvgIpc) is 2.39. The molecule has 0 atom stereocenters. The number of rotatable bonds is 2. The fourth-order valence-electron chi connectivity index (χ4n) is 1.98. The molecule has 0 unspecified atom stereocenters. The second-order valence-electron chi connectivity index (χ2n) is 4.00. The summed E-state index contributed by atoms with van der Waals surface area (Å²) in [6.45, 7) is 1.74. The molecule has 0 aliphatic carbocycles. The van der Waals surface area contributed by atoms with E-state index < -0.39 is 5.91 Å². The van der Waals surface area contributed by atoms with Crippen molar-refractivity contribution in [2.45, 2.75) is 6.92 Å². The molecule has 2 aromatic carbocycles. The second kappa shape index (κ2) is 4.72. The Kier molecular flexibility index (Phi) is 3.11. The van der Waals surface area contributed by atoms with E-state index in [0.717, 1.165) is 11.1 Å². The molecule has 0 saturated carbocycles. The molecule has 3 heteroatoms. The third kappa shape index (κ3) is 1.96. The molecular formula is C15H12N2O. The molecule has 0 aliphatic heterocycles. The van der Waals surface area contributed by atoms with Gasteiger partial charge in [0.05, 0.1) is 5.56 Å². The van der Waals surface area contributed by atoms with Crippen LogP contribution in [0.4, 0.5) is 0 Å². The molecule has 0 bridgehead atoms. The van der Waals surface area contributed by atoms with Gasteiger partial charge in [-0.25, -0.2) is 0 Å². The predicted molar refractivity (Wildman–Crippen MR) is 69.8 cm³/mol. The van der Waals surface area contributed by atoms with Gasteiger partial charge in [-0.2, -0.15) is 5.26 Å². The summed E-state index contributed by atoms with van der Waals surface area (Å²) in [4.78, 5) is 11.3. The summed E-state index contributed by atoms with van der Waals surface area (Å²) in [5.41, 5.74) is 8.57. The zero-order valence-corrected chi connectivity index (χ0v) is 9.97. The van der Waals surface area contributed by atoms with Gasteiger partial charge in [0.2, 0.25) is 5.91 Å². The molecule has 2 rings (SSSR count). The fraction of sp³-hybridized carbons (Fsp3) is 0.0667. The lowest BCUT2D eigenvalue weighted by atomic mass is 9.93. The summed E-state index contributed by atoms with van der Waals surface area (Å²) in [5.74, 6) is -0.511. The first-order valence-corrected chi connectivity index (χ1v) is 5.54. The first-order valence-electron chi connectivity index (χ1n) is 5.54. The van der Waals surface area contributed by atoms with Gasteiger partial charge in [0, 0.05) is 5.56 Å². The molecule has 0 aromatic heterocycles. The SMILES string of the molecule is Cc1c(C(N)=O)ccc(-c2ccccc2)c1C#N. The number of amides is 1. The van der Waals surface area contributed by atoms with Crippen LogP contribution >= 0.6 is 0 Å². The fourth-order valence-corrected chi connectivity index (χ4v) is 1.98. The first kappa shape index (κ1) is 11.9. The Labute approximate surface area is 105 Å². The van der Waals surface area contributed by atoms with Gasteiger partial charge in [0.25, 0.3) is 0 Å². The molecule has 2 aromatic rings. The highest BCUT2D eigenvalue weighted by Gasteiger charge is 2.13. The van der Waals surface area contributed by atoms with E-state index >= 15 is 0 Å². The first-order chi connectivity index (χ1) is 8.65. The number of hydrogen-bond acceptors (Lipinski definition) is 2. The Morgan fingerprint density at radius 3 is 2.39 bits per heavy atom. The van der Waals surface area contributed by atoms with Crippen molar-refractivity contribution in [1.82, 2.24) is 0 Å². The Morgan fingerprint density at radius 1 is 1.17 bits per heavy atom. The van der Waals surface area contributed by atoms with E-state index in [2.05, 4.69) is 6.07 Å². The number of nitrogens with zero attached hydrogens (tertiary/aromatic N) is 1. The standard InChI is InChI=1S/C15H12N2O/c1-10-12(15(17)18)7-8-13(14(10)9-16)11-5-3-2-4-6-11/h2-8H,1H3,(H2,17,18). The summed E-state index contributed by atoms with van der Waals surface area (Å²) in [5, 5.41) is 9.26. The van der Waals surface area contributed by atoms with Crippen LogP contribution in [0.25, 0.3) is 11.1 Å². The largest absolute Gasteiger partial charge is 0.366 e. The topological polar surface area (TPSA) is 66.9 Å². The normalized spacial score (nSPS) is 9.78. The minimum Gasteiger partial charge on any atom is -0.366 e. The van der Waals surface area contributed by atoms with E-state index in [0.29, 0.717) is 16.7 Å². The third-order valence-electron chi connectivity index (χ3n) is 2.93. The molecule has 0 aliphatic rings. The Bertz CT molecular complexity index is 640. The van der Waals surface area contributed by atoms with Crippen LogP contribution in [0, 0.1) is 18.3 Å². The molecule has 2 N–H and O–H groups in total. The number of hydrogen-bond donors (Lipinski definition) is 1. The lowest BCUT2D eigenvalue weighted by Gasteiger charge is -2.09. The summed E-state index contributed by atoms with van der Waals surface area (Å²) < 4.78 is 0. The van der Waals surface area contributed by atoms with Gasteiger partial charge in [-0.15, -0.1) is 0 Å². The maximum atomic E-state index is 11.3. The van der Waals surface area contributed by atoms with Crippen molar-refractivity contribution in [2.75, 3.05) is 0 Å². The molecule has 3 nitrogen and oxygen atoms in total. The van der Waals surface area contributed by atoms with Crippen molar-refractivity contribution in [2.24, 2.45) is 5.73 Å². The highest BCUT2D eigenvalue weighted by molar-refractivity contribution is 5.96. The second-order valence-corrected chi connectivity index (χ2v) is 4.00. The smallest absolute Gasteiger partial charge is 0.249 e. The highest BCUT2D eigenvalue weighted by atomic mass is 16.1. The van der Waals surface area contributed by atoms with Crippen molar-refractivity contribution in [1.29, 1.82) is 5.26 Å². The van der Waals surface area contributed by atoms with Crippen molar-refractivity contribution in [3.63, 3.8) is 0 Å². The molecule has 1 amide bonds. The van der Waals surface area contributed by atoms with Gasteiger partial charge in [-0.3, -0.25) is 4.79 Å². The number of carbonyl (C=O) groups excluding carboxylic acids is 1. The predicted octanol–water partition coefficient (Wildman–Crippen LogP) is 2.63. The number of primary amides is 1. The lowest BCUT2D eigenvalue weighted by Crippen LogP contribution is -2.13. The zero-order valence-electron chi connectivity index (χ0n) is 9.97.